The molecule has 0 bridgehead atoms. The van der Waals surface area contributed by atoms with Crippen molar-refractivity contribution in [3.63, 3.8) is 0 Å². The van der Waals surface area contributed by atoms with Crippen LogP contribution in [0.2, 0.25) is 5.02 Å². The highest BCUT2D eigenvalue weighted by molar-refractivity contribution is 9.10. The molecule has 1 aromatic carbocycles. The smallest absolute Gasteiger partial charge is 0.0462 e. The Morgan fingerprint density at radius 1 is 1.29 bits per heavy atom. The highest BCUT2D eigenvalue weighted by Gasteiger charge is 2.04. The van der Waals surface area contributed by atoms with Crippen molar-refractivity contribution in [3.8, 4) is 0 Å². The summed E-state index contributed by atoms with van der Waals surface area (Å²) in [6, 6.07) is 5.99. The SMILES string of the molecule is CN(CCCCCO)Cc1ccc(Br)cc1Cl. The van der Waals surface area contributed by atoms with Gasteiger partial charge < -0.3 is 10.0 Å². The molecule has 1 N–H and O–H groups in total. The lowest BCUT2D eigenvalue weighted by molar-refractivity contribution is 0.271. The van der Waals surface area contributed by atoms with E-state index in [9.17, 15) is 0 Å². The van der Waals surface area contributed by atoms with Gasteiger partial charge in [0.05, 0.1) is 0 Å². The van der Waals surface area contributed by atoms with Crippen molar-refractivity contribution < 1.29 is 5.11 Å². The second kappa shape index (κ2) is 8.09. The fourth-order valence-corrected chi connectivity index (χ4v) is 2.42. The summed E-state index contributed by atoms with van der Waals surface area (Å²) in [5, 5.41) is 9.50. The summed E-state index contributed by atoms with van der Waals surface area (Å²) in [4.78, 5) is 2.26. The first-order chi connectivity index (χ1) is 8.13. The van der Waals surface area contributed by atoms with Crippen LogP contribution in [0.25, 0.3) is 0 Å². The van der Waals surface area contributed by atoms with Crippen molar-refractivity contribution in [2.45, 2.75) is 25.8 Å². The third kappa shape index (κ3) is 5.87. The molecule has 0 saturated carbocycles. The van der Waals surface area contributed by atoms with Gasteiger partial charge in [0.1, 0.15) is 0 Å². The van der Waals surface area contributed by atoms with Crippen LogP contribution in [0.1, 0.15) is 24.8 Å². The van der Waals surface area contributed by atoms with Crippen molar-refractivity contribution in [3.05, 3.63) is 33.3 Å². The Balaban J connectivity index is 2.37. The molecule has 1 rings (SSSR count). The van der Waals surface area contributed by atoms with E-state index in [0.29, 0.717) is 6.61 Å². The van der Waals surface area contributed by atoms with Gasteiger partial charge in [-0.2, -0.15) is 0 Å². The lowest BCUT2D eigenvalue weighted by atomic mass is 10.2. The number of nitrogens with zero attached hydrogens (tertiary/aromatic N) is 1. The number of aliphatic hydroxyl groups is 1. The predicted molar refractivity (Wildman–Crippen MR) is 76.4 cm³/mol. The van der Waals surface area contributed by atoms with Gasteiger partial charge in [-0.05, 0) is 50.6 Å². The standard InChI is InChI=1S/C13H19BrClNO/c1-16(7-3-2-4-8-17)10-11-5-6-12(14)9-13(11)15/h5-6,9,17H,2-4,7-8,10H2,1H3. The Morgan fingerprint density at radius 3 is 2.71 bits per heavy atom. The van der Waals surface area contributed by atoms with Crippen molar-refractivity contribution in [2.75, 3.05) is 20.2 Å². The largest absolute Gasteiger partial charge is 0.396 e. The van der Waals surface area contributed by atoms with E-state index in [1.54, 1.807) is 0 Å². The third-order valence-electron chi connectivity index (χ3n) is 2.65. The quantitative estimate of drug-likeness (QED) is 0.774. The summed E-state index contributed by atoms with van der Waals surface area (Å²) in [5.41, 5.74) is 1.15. The summed E-state index contributed by atoms with van der Waals surface area (Å²) >= 11 is 9.57. The van der Waals surface area contributed by atoms with Gasteiger partial charge >= 0.3 is 0 Å². The number of unbranched alkanes of at least 4 members (excludes halogenated alkanes) is 2. The molecule has 0 saturated heterocycles. The fourth-order valence-electron chi connectivity index (χ4n) is 1.69. The Hall–Kier alpha value is -0.0900. The summed E-state index contributed by atoms with van der Waals surface area (Å²) < 4.78 is 1.01. The summed E-state index contributed by atoms with van der Waals surface area (Å²) in [6.07, 6.45) is 3.09. The Labute approximate surface area is 117 Å². The molecule has 0 radical (unpaired) electrons. The minimum absolute atomic E-state index is 0.294. The average molecular weight is 321 g/mol. The number of halogens is 2. The molecule has 0 aliphatic heterocycles. The number of hydrogen-bond acceptors (Lipinski definition) is 2. The van der Waals surface area contributed by atoms with Crippen LogP contribution in [0.15, 0.2) is 22.7 Å². The topological polar surface area (TPSA) is 23.5 Å². The van der Waals surface area contributed by atoms with Gasteiger partial charge in [0.2, 0.25) is 0 Å². The highest BCUT2D eigenvalue weighted by atomic mass is 79.9. The summed E-state index contributed by atoms with van der Waals surface area (Å²) in [5.74, 6) is 0. The van der Waals surface area contributed by atoms with Crippen LogP contribution in [0, 0.1) is 0 Å². The maximum Gasteiger partial charge on any atom is 0.0462 e. The van der Waals surface area contributed by atoms with Crippen LogP contribution >= 0.6 is 27.5 Å². The van der Waals surface area contributed by atoms with Crippen molar-refractivity contribution in [1.82, 2.24) is 4.90 Å². The van der Waals surface area contributed by atoms with Crippen LogP contribution in [0.5, 0.6) is 0 Å². The zero-order valence-electron chi connectivity index (χ0n) is 10.1. The first-order valence-corrected chi connectivity index (χ1v) is 7.04. The molecule has 0 aromatic heterocycles. The normalized spacial score (nSPS) is 11.1. The molecule has 1 aromatic rings. The van der Waals surface area contributed by atoms with E-state index in [-0.39, 0.29) is 0 Å². The van der Waals surface area contributed by atoms with Gasteiger partial charge in [-0.3, -0.25) is 0 Å². The first kappa shape index (κ1) is 15.0. The predicted octanol–water partition coefficient (Wildman–Crippen LogP) is 3.70. The zero-order chi connectivity index (χ0) is 12.7. The van der Waals surface area contributed by atoms with E-state index in [2.05, 4.69) is 33.9 Å². The second-order valence-electron chi connectivity index (χ2n) is 4.26. The molecule has 96 valence electrons. The minimum atomic E-state index is 0.294. The molecule has 0 fully saturated rings. The molecule has 0 atom stereocenters. The van der Waals surface area contributed by atoms with Gasteiger partial charge in [-0.15, -0.1) is 0 Å². The third-order valence-corrected chi connectivity index (χ3v) is 3.50. The maximum atomic E-state index is 8.69. The lowest BCUT2D eigenvalue weighted by Gasteiger charge is -2.17. The minimum Gasteiger partial charge on any atom is -0.396 e. The lowest BCUT2D eigenvalue weighted by Crippen LogP contribution is -2.19. The van der Waals surface area contributed by atoms with E-state index in [1.807, 2.05) is 12.1 Å². The van der Waals surface area contributed by atoms with Crippen molar-refractivity contribution in [2.24, 2.45) is 0 Å². The number of rotatable bonds is 7. The molecule has 4 heteroatoms. The van der Waals surface area contributed by atoms with Crippen LogP contribution in [-0.4, -0.2) is 30.2 Å². The van der Waals surface area contributed by atoms with Crippen LogP contribution < -0.4 is 0 Å². The Morgan fingerprint density at radius 2 is 2.06 bits per heavy atom. The molecule has 0 amide bonds. The van der Waals surface area contributed by atoms with Gasteiger partial charge in [0.25, 0.3) is 0 Å². The molecule has 0 spiro atoms. The number of benzene rings is 1. The summed E-state index contributed by atoms with van der Waals surface area (Å²) in [7, 11) is 2.09. The fraction of sp³-hybridized carbons (Fsp3) is 0.538. The summed E-state index contributed by atoms with van der Waals surface area (Å²) in [6.45, 7) is 2.19. The van der Waals surface area contributed by atoms with E-state index < -0.39 is 0 Å². The maximum absolute atomic E-state index is 8.69. The second-order valence-corrected chi connectivity index (χ2v) is 5.58. The van der Waals surface area contributed by atoms with Crippen LogP contribution in [0.3, 0.4) is 0 Å². The molecular formula is C13H19BrClNO. The zero-order valence-corrected chi connectivity index (χ0v) is 12.5. The van der Waals surface area contributed by atoms with Gasteiger partial charge in [-0.1, -0.05) is 33.6 Å². The van der Waals surface area contributed by atoms with Gasteiger partial charge in [-0.25, -0.2) is 0 Å². The van der Waals surface area contributed by atoms with Gasteiger partial charge in [0.15, 0.2) is 0 Å². The molecule has 0 aliphatic carbocycles. The molecule has 0 aliphatic rings. The molecule has 0 unspecified atom stereocenters. The van der Waals surface area contributed by atoms with Crippen LogP contribution in [-0.2, 0) is 6.54 Å². The Bertz CT molecular complexity index is 346. The van der Waals surface area contributed by atoms with E-state index in [1.165, 1.54) is 0 Å². The average Bonchev–Trinajstić information content (AvgIpc) is 2.28. The molecule has 17 heavy (non-hydrogen) atoms. The monoisotopic (exact) mass is 319 g/mol. The molecule has 0 heterocycles. The first-order valence-electron chi connectivity index (χ1n) is 5.87. The number of aliphatic hydroxyl groups excluding tert-OH is 1. The molecular weight excluding hydrogens is 302 g/mol. The van der Waals surface area contributed by atoms with Crippen LogP contribution in [0.4, 0.5) is 0 Å². The van der Waals surface area contributed by atoms with Crippen molar-refractivity contribution >= 4 is 27.5 Å². The van der Waals surface area contributed by atoms with E-state index in [4.69, 9.17) is 16.7 Å². The molecule has 2 nitrogen and oxygen atoms in total. The van der Waals surface area contributed by atoms with E-state index in [0.717, 1.165) is 47.4 Å². The highest BCUT2D eigenvalue weighted by Crippen LogP contribution is 2.22. The van der Waals surface area contributed by atoms with Crippen molar-refractivity contribution in [1.29, 1.82) is 0 Å². The van der Waals surface area contributed by atoms with E-state index >= 15 is 0 Å². The van der Waals surface area contributed by atoms with Gasteiger partial charge in [0, 0.05) is 22.6 Å². The Kier molecular flexibility index (Phi) is 7.12. The number of hydrogen-bond donors (Lipinski definition) is 1.